The number of ether oxygens (including phenoxy) is 1. The molecule has 2 aromatic heterocycles. The van der Waals surface area contributed by atoms with Crippen molar-refractivity contribution >= 4 is 27.0 Å². The summed E-state index contributed by atoms with van der Waals surface area (Å²) >= 11 is 3.43. The van der Waals surface area contributed by atoms with Crippen molar-refractivity contribution in [1.82, 2.24) is 9.97 Å². The van der Waals surface area contributed by atoms with E-state index in [1.54, 1.807) is 12.4 Å². The molecular formula is C16H19BrN2O. The summed E-state index contributed by atoms with van der Waals surface area (Å²) in [6, 6.07) is 3.91. The highest BCUT2D eigenvalue weighted by Gasteiger charge is 2.25. The fourth-order valence-electron chi connectivity index (χ4n) is 3.04. The van der Waals surface area contributed by atoms with Gasteiger partial charge in [0.05, 0.1) is 5.52 Å². The van der Waals surface area contributed by atoms with E-state index in [0.29, 0.717) is 12.0 Å². The van der Waals surface area contributed by atoms with E-state index in [1.165, 1.54) is 25.7 Å². The number of nitrogens with zero attached hydrogens (tertiary/aromatic N) is 2. The topological polar surface area (TPSA) is 35.0 Å². The van der Waals surface area contributed by atoms with Crippen LogP contribution in [-0.4, -0.2) is 16.1 Å². The summed E-state index contributed by atoms with van der Waals surface area (Å²) < 4.78 is 7.24. The lowest BCUT2D eigenvalue weighted by molar-refractivity contribution is 0.0916. The molecule has 0 amide bonds. The van der Waals surface area contributed by atoms with Crippen LogP contribution in [-0.2, 0) is 0 Å². The second-order valence-electron chi connectivity index (χ2n) is 5.44. The molecule has 0 spiro atoms. The van der Waals surface area contributed by atoms with Gasteiger partial charge in [-0.2, -0.15) is 0 Å². The van der Waals surface area contributed by atoms with Crippen LogP contribution in [0.1, 0.15) is 39.0 Å². The minimum atomic E-state index is 0.324. The average molecular weight is 335 g/mol. The second-order valence-corrected chi connectivity index (χ2v) is 6.36. The molecule has 106 valence electrons. The maximum Gasteiger partial charge on any atom is 0.149 e. The minimum Gasteiger partial charge on any atom is -0.488 e. The predicted molar refractivity (Wildman–Crippen MR) is 83.9 cm³/mol. The Bertz CT molecular complexity index is 602. The monoisotopic (exact) mass is 334 g/mol. The molecule has 1 fully saturated rings. The SMILES string of the molecule is CCC1CCCCC1Oc1ccnc2cc(Br)cnc12. The van der Waals surface area contributed by atoms with Crippen molar-refractivity contribution in [2.75, 3.05) is 0 Å². The Morgan fingerprint density at radius 2 is 2.15 bits per heavy atom. The van der Waals surface area contributed by atoms with Gasteiger partial charge >= 0.3 is 0 Å². The number of rotatable bonds is 3. The van der Waals surface area contributed by atoms with E-state index < -0.39 is 0 Å². The first-order valence-corrected chi connectivity index (χ1v) is 8.14. The maximum absolute atomic E-state index is 6.29. The molecular weight excluding hydrogens is 316 g/mol. The van der Waals surface area contributed by atoms with E-state index in [2.05, 4.69) is 32.8 Å². The van der Waals surface area contributed by atoms with Crippen LogP contribution in [0.25, 0.3) is 11.0 Å². The Morgan fingerprint density at radius 1 is 1.30 bits per heavy atom. The molecule has 0 N–H and O–H groups in total. The lowest BCUT2D eigenvalue weighted by Gasteiger charge is -2.31. The third-order valence-corrected chi connectivity index (χ3v) is 4.58. The lowest BCUT2D eigenvalue weighted by atomic mass is 9.85. The summed E-state index contributed by atoms with van der Waals surface area (Å²) in [5, 5.41) is 0. The van der Waals surface area contributed by atoms with Crippen LogP contribution in [0.5, 0.6) is 5.75 Å². The standard InChI is InChI=1S/C16H19BrN2O/c1-2-11-5-3-4-6-14(11)20-15-7-8-18-13-9-12(17)10-19-16(13)15/h7-11,14H,2-6H2,1H3. The Hall–Kier alpha value is -1.16. The summed E-state index contributed by atoms with van der Waals surface area (Å²) in [4.78, 5) is 8.83. The van der Waals surface area contributed by atoms with Crippen molar-refractivity contribution in [3.05, 3.63) is 29.0 Å². The van der Waals surface area contributed by atoms with E-state index in [0.717, 1.165) is 27.7 Å². The van der Waals surface area contributed by atoms with Gasteiger partial charge in [0, 0.05) is 22.9 Å². The Kier molecular flexibility index (Phi) is 4.20. The van der Waals surface area contributed by atoms with Crippen molar-refractivity contribution in [3.8, 4) is 5.75 Å². The van der Waals surface area contributed by atoms with Crippen molar-refractivity contribution in [2.24, 2.45) is 5.92 Å². The van der Waals surface area contributed by atoms with Crippen molar-refractivity contribution in [2.45, 2.75) is 45.1 Å². The van der Waals surface area contributed by atoms with E-state index in [1.807, 2.05) is 12.1 Å². The molecule has 1 saturated carbocycles. The summed E-state index contributed by atoms with van der Waals surface area (Å²) in [6.45, 7) is 2.26. The molecule has 2 unspecified atom stereocenters. The van der Waals surface area contributed by atoms with Gasteiger partial charge in [0.15, 0.2) is 0 Å². The quantitative estimate of drug-likeness (QED) is 0.813. The highest BCUT2D eigenvalue weighted by atomic mass is 79.9. The summed E-state index contributed by atoms with van der Waals surface area (Å²) in [7, 11) is 0. The largest absolute Gasteiger partial charge is 0.488 e. The average Bonchev–Trinajstić information content (AvgIpc) is 2.47. The number of halogens is 1. The molecule has 0 radical (unpaired) electrons. The van der Waals surface area contributed by atoms with E-state index in [-0.39, 0.29) is 0 Å². The Balaban J connectivity index is 1.90. The third-order valence-electron chi connectivity index (χ3n) is 4.15. The van der Waals surface area contributed by atoms with Crippen molar-refractivity contribution in [1.29, 1.82) is 0 Å². The molecule has 3 rings (SSSR count). The Morgan fingerprint density at radius 3 is 3.00 bits per heavy atom. The number of pyridine rings is 2. The van der Waals surface area contributed by atoms with Gasteiger partial charge in [0.2, 0.25) is 0 Å². The Labute approximate surface area is 127 Å². The molecule has 1 aliphatic carbocycles. The van der Waals surface area contributed by atoms with E-state index in [9.17, 15) is 0 Å². The van der Waals surface area contributed by atoms with Gasteiger partial charge < -0.3 is 4.74 Å². The molecule has 1 aliphatic rings. The molecule has 20 heavy (non-hydrogen) atoms. The maximum atomic E-state index is 6.29. The third kappa shape index (κ3) is 2.80. The number of fused-ring (bicyclic) bond motifs is 1. The van der Waals surface area contributed by atoms with Gasteiger partial charge in [-0.1, -0.05) is 13.3 Å². The van der Waals surface area contributed by atoms with E-state index >= 15 is 0 Å². The fraction of sp³-hybridized carbons (Fsp3) is 0.500. The zero-order valence-electron chi connectivity index (χ0n) is 11.7. The molecule has 0 aliphatic heterocycles. The van der Waals surface area contributed by atoms with E-state index in [4.69, 9.17) is 4.74 Å². The molecule has 2 atom stereocenters. The van der Waals surface area contributed by atoms with Crippen LogP contribution >= 0.6 is 15.9 Å². The van der Waals surface area contributed by atoms with Crippen LogP contribution in [0, 0.1) is 5.92 Å². The highest BCUT2D eigenvalue weighted by molar-refractivity contribution is 9.10. The molecule has 3 nitrogen and oxygen atoms in total. The zero-order valence-corrected chi connectivity index (χ0v) is 13.3. The molecule has 0 bridgehead atoms. The summed E-state index contributed by atoms with van der Waals surface area (Å²) in [5.74, 6) is 1.54. The number of hydrogen-bond donors (Lipinski definition) is 0. The first kappa shape index (κ1) is 13.8. The molecule has 0 aromatic carbocycles. The van der Waals surface area contributed by atoms with Gasteiger partial charge in [0.1, 0.15) is 17.4 Å². The number of hydrogen-bond acceptors (Lipinski definition) is 3. The van der Waals surface area contributed by atoms with Crippen molar-refractivity contribution in [3.63, 3.8) is 0 Å². The summed E-state index contributed by atoms with van der Waals surface area (Å²) in [5.41, 5.74) is 1.73. The molecule has 4 heteroatoms. The van der Waals surface area contributed by atoms with Crippen LogP contribution < -0.4 is 4.74 Å². The first-order chi connectivity index (χ1) is 9.78. The van der Waals surface area contributed by atoms with Gasteiger partial charge in [-0.05, 0) is 53.6 Å². The van der Waals surface area contributed by atoms with Crippen LogP contribution in [0.2, 0.25) is 0 Å². The van der Waals surface area contributed by atoms with Gasteiger partial charge in [-0.3, -0.25) is 4.98 Å². The van der Waals surface area contributed by atoms with Crippen LogP contribution in [0.15, 0.2) is 29.0 Å². The zero-order chi connectivity index (χ0) is 13.9. The first-order valence-electron chi connectivity index (χ1n) is 7.35. The molecule has 2 heterocycles. The van der Waals surface area contributed by atoms with Gasteiger partial charge in [0.25, 0.3) is 0 Å². The molecule has 2 aromatic rings. The summed E-state index contributed by atoms with van der Waals surface area (Å²) in [6.07, 6.45) is 10.1. The lowest BCUT2D eigenvalue weighted by Crippen LogP contribution is -2.30. The minimum absolute atomic E-state index is 0.324. The van der Waals surface area contributed by atoms with Gasteiger partial charge in [-0.15, -0.1) is 0 Å². The van der Waals surface area contributed by atoms with Crippen LogP contribution in [0.4, 0.5) is 0 Å². The van der Waals surface area contributed by atoms with Crippen LogP contribution in [0.3, 0.4) is 0 Å². The van der Waals surface area contributed by atoms with Crippen molar-refractivity contribution < 1.29 is 4.74 Å². The normalized spacial score (nSPS) is 22.9. The highest BCUT2D eigenvalue weighted by Crippen LogP contribution is 2.32. The molecule has 0 saturated heterocycles. The van der Waals surface area contributed by atoms with Gasteiger partial charge in [-0.25, -0.2) is 4.98 Å². The predicted octanol–water partition coefficient (Wildman–Crippen LogP) is 4.74. The number of aromatic nitrogens is 2. The fourth-order valence-corrected chi connectivity index (χ4v) is 3.35. The second kappa shape index (κ2) is 6.08. The smallest absolute Gasteiger partial charge is 0.149 e.